The van der Waals surface area contributed by atoms with Crippen molar-refractivity contribution in [3.63, 3.8) is 0 Å². The Morgan fingerprint density at radius 2 is 1.95 bits per heavy atom. The molecule has 1 aliphatic rings. The van der Waals surface area contributed by atoms with E-state index >= 15 is 0 Å². The highest BCUT2D eigenvalue weighted by molar-refractivity contribution is 9.10. The average molecular weight is 346 g/mol. The van der Waals surface area contributed by atoms with E-state index in [1.165, 1.54) is 16.7 Å². The number of methoxy groups -OCH3 is 1. The van der Waals surface area contributed by atoms with Crippen LogP contribution in [0.5, 0.6) is 5.75 Å². The maximum Gasteiger partial charge on any atom is 0.133 e. The largest absolute Gasteiger partial charge is 0.496 e. The Morgan fingerprint density at radius 1 is 1.19 bits per heavy atom. The van der Waals surface area contributed by atoms with Crippen molar-refractivity contribution in [2.45, 2.75) is 25.3 Å². The fourth-order valence-corrected chi connectivity index (χ4v) is 3.75. The lowest BCUT2D eigenvalue weighted by atomic mass is 9.78. The number of aryl methyl sites for hydroxylation is 1. The topological polar surface area (TPSA) is 35.2 Å². The first-order chi connectivity index (χ1) is 10.2. The van der Waals surface area contributed by atoms with Gasteiger partial charge in [0, 0.05) is 6.04 Å². The van der Waals surface area contributed by atoms with Crippen LogP contribution in [0.3, 0.4) is 0 Å². The second-order valence-corrected chi connectivity index (χ2v) is 6.55. The van der Waals surface area contributed by atoms with Crippen LogP contribution >= 0.6 is 15.9 Å². The molecule has 0 heterocycles. The number of hydrogen-bond donors (Lipinski definition) is 1. The Labute approximate surface area is 134 Å². The van der Waals surface area contributed by atoms with Crippen LogP contribution in [0.2, 0.25) is 0 Å². The van der Waals surface area contributed by atoms with E-state index in [1.54, 1.807) is 7.11 Å². The molecule has 0 saturated heterocycles. The van der Waals surface area contributed by atoms with Gasteiger partial charge in [-0.25, -0.2) is 0 Å². The third-order valence-corrected chi connectivity index (χ3v) is 5.07. The van der Waals surface area contributed by atoms with E-state index in [1.807, 2.05) is 6.07 Å². The van der Waals surface area contributed by atoms with E-state index in [4.69, 9.17) is 10.5 Å². The summed E-state index contributed by atoms with van der Waals surface area (Å²) in [5.74, 6) is 1.35. The number of rotatable bonds is 3. The smallest absolute Gasteiger partial charge is 0.133 e. The lowest BCUT2D eigenvalue weighted by molar-refractivity contribution is 0.381. The molecular formula is C18H20BrNO. The normalized spacial score (nSPS) is 18.9. The summed E-state index contributed by atoms with van der Waals surface area (Å²) in [6.45, 7) is 0. The summed E-state index contributed by atoms with van der Waals surface area (Å²) in [4.78, 5) is 0. The van der Waals surface area contributed by atoms with Gasteiger partial charge in [0.1, 0.15) is 5.75 Å². The first-order valence-electron chi connectivity index (χ1n) is 7.35. The molecule has 0 saturated carbocycles. The van der Waals surface area contributed by atoms with Gasteiger partial charge in [-0.15, -0.1) is 0 Å². The van der Waals surface area contributed by atoms with Crippen molar-refractivity contribution in [3.8, 4) is 5.75 Å². The van der Waals surface area contributed by atoms with Gasteiger partial charge in [-0.1, -0.05) is 30.3 Å². The van der Waals surface area contributed by atoms with Crippen LogP contribution in [0, 0.1) is 5.92 Å². The molecule has 0 spiro atoms. The van der Waals surface area contributed by atoms with Crippen molar-refractivity contribution < 1.29 is 4.74 Å². The van der Waals surface area contributed by atoms with E-state index < -0.39 is 0 Å². The summed E-state index contributed by atoms with van der Waals surface area (Å²) in [5.41, 5.74) is 10.6. The molecule has 2 atom stereocenters. The highest BCUT2D eigenvalue weighted by atomic mass is 79.9. The molecule has 0 aromatic heterocycles. The molecule has 2 aromatic carbocycles. The van der Waals surface area contributed by atoms with Gasteiger partial charge < -0.3 is 10.5 Å². The molecule has 2 nitrogen and oxygen atoms in total. The zero-order chi connectivity index (χ0) is 14.8. The Balaban J connectivity index is 1.80. The molecule has 2 N–H and O–H groups in total. The molecule has 0 bridgehead atoms. The molecule has 0 fully saturated rings. The Bertz CT molecular complexity index is 641. The summed E-state index contributed by atoms with van der Waals surface area (Å²) in [6.07, 6.45) is 3.36. The van der Waals surface area contributed by atoms with E-state index in [-0.39, 0.29) is 6.04 Å². The zero-order valence-corrected chi connectivity index (χ0v) is 13.8. The summed E-state index contributed by atoms with van der Waals surface area (Å²) < 4.78 is 6.25. The van der Waals surface area contributed by atoms with Crippen molar-refractivity contribution >= 4 is 15.9 Å². The molecule has 2 aromatic rings. The van der Waals surface area contributed by atoms with E-state index in [0.717, 1.165) is 29.5 Å². The van der Waals surface area contributed by atoms with Crippen LogP contribution in [0.25, 0.3) is 0 Å². The van der Waals surface area contributed by atoms with Crippen LogP contribution in [-0.4, -0.2) is 7.11 Å². The zero-order valence-electron chi connectivity index (χ0n) is 12.2. The Morgan fingerprint density at radius 3 is 2.67 bits per heavy atom. The predicted molar refractivity (Wildman–Crippen MR) is 89.6 cm³/mol. The molecule has 0 radical (unpaired) electrons. The van der Waals surface area contributed by atoms with Crippen molar-refractivity contribution in [2.75, 3.05) is 7.11 Å². The lowest BCUT2D eigenvalue weighted by Gasteiger charge is -2.29. The summed E-state index contributed by atoms with van der Waals surface area (Å²) in [7, 11) is 1.68. The Kier molecular flexibility index (Phi) is 4.32. The number of halogens is 1. The number of benzene rings is 2. The molecule has 0 aliphatic heterocycles. The first kappa shape index (κ1) is 14.6. The highest BCUT2D eigenvalue weighted by Crippen LogP contribution is 2.35. The van der Waals surface area contributed by atoms with Gasteiger partial charge in [0.2, 0.25) is 0 Å². The number of ether oxygens (including phenoxy) is 1. The van der Waals surface area contributed by atoms with E-state index in [0.29, 0.717) is 5.92 Å². The van der Waals surface area contributed by atoms with Crippen LogP contribution in [0.15, 0.2) is 46.9 Å². The maximum atomic E-state index is 6.53. The fourth-order valence-electron chi connectivity index (χ4n) is 3.19. The number of nitrogens with two attached hydrogens (primary N) is 1. The van der Waals surface area contributed by atoms with Gasteiger partial charge in [-0.05, 0) is 69.9 Å². The third-order valence-electron chi connectivity index (χ3n) is 4.45. The summed E-state index contributed by atoms with van der Waals surface area (Å²) in [6, 6.07) is 14.9. The standard InChI is InChI=1S/C18H20BrNO/c1-21-17-9-8-15(11-16(17)19)18(20)14-7-6-12-4-2-3-5-13(12)10-14/h2-5,8-9,11,14,18H,6-7,10,20H2,1H3. The molecule has 0 amide bonds. The molecule has 21 heavy (non-hydrogen) atoms. The highest BCUT2D eigenvalue weighted by Gasteiger charge is 2.25. The van der Waals surface area contributed by atoms with Gasteiger partial charge in [-0.3, -0.25) is 0 Å². The number of hydrogen-bond acceptors (Lipinski definition) is 2. The lowest BCUT2D eigenvalue weighted by Crippen LogP contribution is -2.27. The van der Waals surface area contributed by atoms with Gasteiger partial charge in [0.05, 0.1) is 11.6 Å². The van der Waals surface area contributed by atoms with E-state index in [2.05, 4.69) is 52.3 Å². The van der Waals surface area contributed by atoms with Crippen molar-refractivity contribution in [3.05, 3.63) is 63.6 Å². The summed E-state index contributed by atoms with van der Waals surface area (Å²) >= 11 is 3.54. The van der Waals surface area contributed by atoms with Crippen LogP contribution in [0.1, 0.15) is 29.2 Å². The minimum Gasteiger partial charge on any atom is -0.496 e. The summed E-state index contributed by atoms with van der Waals surface area (Å²) in [5, 5.41) is 0. The fraction of sp³-hybridized carbons (Fsp3) is 0.333. The average Bonchev–Trinajstić information content (AvgIpc) is 2.53. The minimum atomic E-state index is 0.0700. The van der Waals surface area contributed by atoms with Crippen LogP contribution < -0.4 is 10.5 Å². The molecular weight excluding hydrogens is 326 g/mol. The van der Waals surface area contributed by atoms with Crippen molar-refractivity contribution in [1.29, 1.82) is 0 Å². The maximum absolute atomic E-state index is 6.53. The molecule has 1 aliphatic carbocycles. The van der Waals surface area contributed by atoms with Crippen LogP contribution in [-0.2, 0) is 12.8 Å². The quantitative estimate of drug-likeness (QED) is 0.901. The predicted octanol–water partition coefficient (Wildman–Crippen LogP) is 4.26. The van der Waals surface area contributed by atoms with Gasteiger partial charge >= 0.3 is 0 Å². The molecule has 2 unspecified atom stereocenters. The molecule has 3 heteroatoms. The van der Waals surface area contributed by atoms with Gasteiger partial charge in [-0.2, -0.15) is 0 Å². The second kappa shape index (κ2) is 6.20. The SMILES string of the molecule is COc1ccc(C(N)C2CCc3ccccc3C2)cc1Br. The minimum absolute atomic E-state index is 0.0700. The first-order valence-corrected chi connectivity index (χ1v) is 8.14. The molecule has 3 rings (SSSR count). The van der Waals surface area contributed by atoms with E-state index in [9.17, 15) is 0 Å². The van der Waals surface area contributed by atoms with Gasteiger partial charge in [0.15, 0.2) is 0 Å². The van der Waals surface area contributed by atoms with Crippen molar-refractivity contribution in [2.24, 2.45) is 11.7 Å². The molecule has 110 valence electrons. The second-order valence-electron chi connectivity index (χ2n) is 5.69. The third kappa shape index (κ3) is 2.99. The van der Waals surface area contributed by atoms with Crippen LogP contribution in [0.4, 0.5) is 0 Å². The Hall–Kier alpha value is -1.32. The van der Waals surface area contributed by atoms with Crippen molar-refractivity contribution in [1.82, 2.24) is 0 Å². The number of fused-ring (bicyclic) bond motifs is 1. The monoisotopic (exact) mass is 345 g/mol. The van der Waals surface area contributed by atoms with Gasteiger partial charge in [0.25, 0.3) is 0 Å².